The van der Waals surface area contributed by atoms with Gasteiger partial charge in [-0.2, -0.15) is 0 Å². The summed E-state index contributed by atoms with van der Waals surface area (Å²) in [4.78, 5) is 23.9. The Morgan fingerprint density at radius 1 is 1.15 bits per heavy atom. The number of ether oxygens (including phenoxy) is 5. The Morgan fingerprint density at radius 2 is 2.00 bits per heavy atom. The van der Waals surface area contributed by atoms with E-state index in [9.17, 15) is 14.7 Å². The lowest BCUT2D eigenvalue weighted by Crippen LogP contribution is -2.46. The molecule has 3 rings (SSSR count). The van der Waals surface area contributed by atoms with Gasteiger partial charge < -0.3 is 28.8 Å². The molecule has 0 spiro atoms. The molecule has 0 radical (unpaired) electrons. The number of methoxy groups -OCH3 is 1. The number of carbonyl (C=O) groups excluding carboxylic acids is 2. The minimum absolute atomic E-state index is 0.0457. The Bertz CT molecular complexity index is 973. The van der Waals surface area contributed by atoms with E-state index in [0.29, 0.717) is 37.5 Å². The number of allylic oxidation sites excluding steroid dienone is 3. The fourth-order valence-electron chi connectivity index (χ4n) is 5.10. The van der Waals surface area contributed by atoms with Crippen LogP contribution in [0.3, 0.4) is 0 Å². The summed E-state index contributed by atoms with van der Waals surface area (Å²) in [6.45, 7) is 2.52. The van der Waals surface area contributed by atoms with E-state index in [2.05, 4.69) is 12.2 Å². The van der Waals surface area contributed by atoms with Gasteiger partial charge in [-0.3, -0.25) is 4.79 Å². The zero-order valence-corrected chi connectivity index (χ0v) is 23.6. The average molecular weight is 565 g/mol. The molecule has 8 nitrogen and oxygen atoms in total. The average Bonchev–Trinajstić information content (AvgIpc) is 3.28. The number of carbonyl (C=O) groups is 2. The van der Waals surface area contributed by atoms with Gasteiger partial charge in [-0.15, -0.1) is 0 Å². The van der Waals surface area contributed by atoms with E-state index >= 15 is 0 Å². The zero-order chi connectivity index (χ0) is 28.1. The monoisotopic (exact) mass is 564 g/mol. The van der Waals surface area contributed by atoms with E-state index < -0.39 is 18.0 Å². The summed E-state index contributed by atoms with van der Waals surface area (Å²) >= 11 is 6.00. The largest absolute Gasteiger partial charge is 0.493 e. The van der Waals surface area contributed by atoms with Gasteiger partial charge in [-0.25, -0.2) is 4.79 Å². The summed E-state index contributed by atoms with van der Waals surface area (Å²) in [6.07, 6.45) is 13.6. The second-order valence-corrected chi connectivity index (χ2v) is 10.4. The quantitative estimate of drug-likeness (QED) is 0.132. The minimum atomic E-state index is -2.06. The molecule has 5 atom stereocenters. The van der Waals surface area contributed by atoms with Crippen molar-refractivity contribution in [1.82, 2.24) is 0 Å². The molecule has 9 heteroatoms. The summed E-state index contributed by atoms with van der Waals surface area (Å²) in [5, 5.41) is 11.5. The van der Waals surface area contributed by atoms with Crippen LogP contribution in [0.25, 0.3) is 0 Å². The van der Waals surface area contributed by atoms with Crippen molar-refractivity contribution in [1.29, 1.82) is 0 Å². The molecule has 0 bridgehead atoms. The Hall–Kier alpha value is -2.39. The van der Waals surface area contributed by atoms with Crippen LogP contribution in [0.4, 0.5) is 0 Å². The topological polar surface area (TPSA) is 101 Å². The molecular weight excluding hydrogens is 524 g/mol. The van der Waals surface area contributed by atoms with Crippen LogP contribution >= 0.6 is 11.6 Å². The number of esters is 2. The van der Waals surface area contributed by atoms with Crippen molar-refractivity contribution < 1.29 is 38.4 Å². The van der Waals surface area contributed by atoms with E-state index in [1.165, 1.54) is 14.0 Å². The van der Waals surface area contributed by atoms with Gasteiger partial charge in [-0.1, -0.05) is 42.0 Å². The van der Waals surface area contributed by atoms with Gasteiger partial charge in [0, 0.05) is 30.9 Å². The molecule has 1 heterocycles. The third kappa shape index (κ3) is 10.3. The second-order valence-electron chi connectivity index (χ2n) is 10.0. The second kappa shape index (κ2) is 16.0. The summed E-state index contributed by atoms with van der Waals surface area (Å²) in [7, 11) is 1.22. The van der Waals surface area contributed by atoms with Crippen molar-refractivity contribution >= 4 is 23.5 Å². The first kappa shape index (κ1) is 31.1. The molecule has 0 aromatic heterocycles. The van der Waals surface area contributed by atoms with Gasteiger partial charge in [0.1, 0.15) is 11.9 Å². The molecule has 1 aliphatic heterocycles. The number of hydrogen-bond donors (Lipinski definition) is 1. The lowest BCUT2D eigenvalue weighted by atomic mass is 9.90. The highest BCUT2D eigenvalue weighted by Crippen LogP contribution is 2.38. The summed E-state index contributed by atoms with van der Waals surface area (Å²) in [5.74, 6) is -2.03. The van der Waals surface area contributed by atoms with Crippen molar-refractivity contribution in [3.63, 3.8) is 0 Å². The van der Waals surface area contributed by atoms with Crippen molar-refractivity contribution in [2.45, 2.75) is 82.9 Å². The maximum Gasteiger partial charge on any atom is 0.366 e. The normalized spacial score (nSPS) is 25.0. The number of hydrogen-bond acceptors (Lipinski definition) is 8. The molecule has 1 aromatic rings. The predicted molar refractivity (Wildman–Crippen MR) is 147 cm³/mol. The molecule has 39 heavy (non-hydrogen) atoms. The third-order valence-electron chi connectivity index (χ3n) is 7.06. The first-order valence-corrected chi connectivity index (χ1v) is 14.2. The van der Waals surface area contributed by atoms with Gasteiger partial charge in [-0.05, 0) is 75.5 Å². The van der Waals surface area contributed by atoms with Gasteiger partial charge in [0.25, 0.3) is 5.79 Å². The maximum absolute atomic E-state index is 12.3. The molecule has 1 aliphatic carbocycles. The molecule has 1 saturated heterocycles. The molecule has 216 valence electrons. The first-order valence-electron chi connectivity index (χ1n) is 13.8. The van der Waals surface area contributed by atoms with Crippen LogP contribution in [0.2, 0.25) is 5.02 Å². The number of benzene rings is 1. The van der Waals surface area contributed by atoms with E-state index in [1.54, 1.807) is 6.07 Å². The maximum atomic E-state index is 12.3. The fourth-order valence-corrected chi connectivity index (χ4v) is 5.28. The molecular formula is C30H41ClO8. The minimum Gasteiger partial charge on any atom is -0.493 e. The molecule has 2 fully saturated rings. The summed E-state index contributed by atoms with van der Waals surface area (Å²) in [5.41, 5.74) is 0. The SMILES string of the molecule is COC(=O)C(O)(CCC=CC[C@H]1[C@@H](OC(C)=O)CC[C@@H]1C=CCCOc1cccc(Cl)c1)OC1CCCCO1. The van der Waals surface area contributed by atoms with Crippen LogP contribution in [-0.2, 0) is 28.5 Å². The molecule has 1 N–H and O–H groups in total. The standard InChI is InChI=1S/C30H41ClO8/c1-22(32)38-27-17-16-23(11-5-8-19-36-25-13-10-12-24(31)21-25)26(27)14-4-3-7-18-30(34,29(33)35-2)39-28-15-6-9-20-37-28/h3-5,10-13,21,23,26-28,34H,6-9,14-20H2,1-2H3/t23-,26+,27-,28?,30?/m0/s1. The van der Waals surface area contributed by atoms with Gasteiger partial charge in [0.15, 0.2) is 6.29 Å². The van der Waals surface area contributed by atoms with Crippen molar-refractivity contribution in [3.05, 3.63) is 53.6 Å². The molecule has 1 aromatic carbocycles. The highest BCUT2D eigenvalue weighted by Gasteiger charge is 2.41. The fraction of sp³-hybridized carbons (Fsp3) is 0.600. The van der Waals surface area contributed by atoms with Gasteiger partial charge in [0.05, 0.1) is 13.7 Å². The van der Waals surface area contributed by atoms with Crippen LogP contribution in [0, 0.1) is 11.8 Å². The Kier molecular flexibility index (Phi) is 12.8. The van der Waals surface area contributed by atoms with Crippen molar-refractivity contribution in [3.8, 4) is 5.75 Å². The number of rotatable bonds is 14. The van der Waals surface area contributed by atoms with Crippen LogP contribution in [0.15, 0.2) is 48.6 Å². The zero-order valence-electron chi connectivity index (χ0n) is 22.9. The Morgan fingerprint density at radius 3 is 2.72 bits per heavy atom. The molecule has 2 unspecified atom stereocenters. The summed E-state index contributed by atoms with van der Waals surface area (Å²) in [6, 6.07) is 7.33. The highest BCUT2D eigenvalue weighted by atomic mass is 35.5. The molecule has 2 aliphatic rings. The first-order chi connectivity index (χ1) is 18.8. The van der Waals surface area contributed by atoms with Gasteiger partial charge in [0.2, 0.25) is 0 Å². The number of halogens is 1. The Balaban J connectivity index is 1.51. The van der Waals surface area contributed by atoms with Crippen LogP contribution < -0.4 is 4.74 Å². The third-order valence-corrected chi connectivity index (χ3v) is 7.29. The molecule has 1 saturated carbocycles. The number of aliphatic hydroxyl groups is 1. The van der Waals surface area contributed by atoms with Crippen LogP contribution in [0.5, 0.6) is 5.75 Å². The Labute approximate surface area is 236 Å². The van der Waals surface area contributed by atoms with E-state index in [1.807, 2.05) is 30.4 Å². The lowest BCUT2D eigenvalue weighted by molar-refractivity contribution is -0.296. The van der Waals surface area contributed by atoms with Crippen molar-refractivity contribution in [2.24, 2.45) is 11.8 Å². The van der Waals surface area contributed by atoms with Crippen molar-refractivity contribution in [2.75, 3.05) is 20.3 Å². The van der Waals surface area contributed by atoms with E-state index in [-0.39, 0.29) is 30.3 Å². The van der Waals surface area contributed by atoms with Crippen LogP contribution in [-0.4, -0.2) is 55.5 Å². The lowest BCUT2D eigenvalue weighted by Gasteiger charge is -2.31. The van der Waals surface area contributed by atoms with Crippen LogP contribution in [0.1, 0.15) is 64.7 Å². The van der Waals surface area contributed by atoms with Gasteiger partial charge >= 0.3 is 11.9 Å². The smallest absolute Gasteiger partial charge is 0.366 e. The summed E-state index contributed by atoms with van der Waals surface area (Å²) < 4.78 is 27.3. The predicted octanol–water partition coefficient (Wildman–Crippen LogP) is 5.75. The molecule has 0 amide bonds. The van der Waals surface area contributed by atoms with E-state index in [4.69, 9.17) is 35.3 Å². The van der Waals surface area contributed by atoms with E-state index in [0.717, 1.165) is 37.9 Å². The highest BCUT2D eigenvalue weighted by molar-refractivity contribution is 6.30.